The molecule has 0 heterocycles. The molecule has 0 aliphatic carbocycles. The molecule has 3 N–H and O–H groups in total. The summed E-state index contributed by atoms with van der Waals surface area (Å²) in [5, 5.41) is 8.89. The maximum Gasteiger partial charge on any atom is 0.334 e. The molecule has 0 bridgehead atoms. The lowest BCUT2D eigenvalue weighted by Gasteiger charge is -2.06. The summed E-state index contributed by atoms with van der Waals surface area (Å²) in [4.78, 5) is 10.6. The largest absolute Gasteiger partial charge is 0.464 e. The predicted molar refractivity (Wildman–Crippen MR) is 36.3 cm³/mol. The van der Waals surface area contributed by atoms with Crippen molar-refractivity contribution in [1.29, 1.82) is 0 Å². The van der Waals surface area contributed by atoms with Gasteiger partial charge in [-0.05, 0) is 19.9 Å². The highest BCUT2D eigenvalue weighted by Gasteiger charge is 2.13. The highest BCUT2D eigenvalue weighted by atomic mass is 16.5. The molecule has 0 aliphatic rings. The zero-order chi connectivity index (χ0) is 7.98. The van der Waals surface area contributed by atoms with Gasteiger partial charge in [0.15, 0.2) is 6.10 Å². The van der Waals surface area contributed by atoms with Crippen molar-refractivity contribution in [2.75, 3.05) is 13.2 Å². The van der Waals surface area contributed by atoms with Crippen LogP contribution < -0.4 is 5.73 Å². The Morgan fingerprint density at radius 2 is 2.40 bits per heavy atom. The minimum atomic E-state index is -1.05. The molecule has 0 saturated carbocycles. The van der Waals surface area contributed by atoms with Gasteiger partial charge in [-0.15, -0.1) is 0 Å². The highest BCUT2D eigenvalue weighted by molar-refractivity contribution is 5.74. The van der Waals surface area contributed by atoms with Gasteiger partial charge >= 0.3 is 5.97 Å². The van der Waals surface area contributed by atoms with E-state index in [2.05, 4.69) is 4.74 Å². The number of aliphatic hydroxyl groups excluding tert-OH is 1. The van der Waals surface area contributed by atoms with Gasteiger partial charge in [-0.2, -0.15) is 0 Å². The Kier molecular flexibility index (Phi) is 4.88. The number of carbonyl (C=O) groups excluding carboxylic acids is 1. The van der Waals surface area contributed by atoms with Crippen LogP contribution >= 0.6 is 0 Å². The fourth-order valence-corrected chi connectivity index (χ4v) is 0.514. The van der Waals surface area contributed by atoms with Crippen molar-refractivity contribution < 1.29 is 14.6 Å². The molecule has 0 fully saturated rings. The first kappa shape index (κ1) is 9.39. The summed E-state index contributed by atoms with van der Waals surface area (Å²) >= 11 is 0. The van der Waals surface area contributed by atoms with Gasteiger partial charge in [0.1, 0.15) is 0 Å². The SMILES string of the molecule is CCOC(=O)[C@H](O)CCN. The number of hydrogen-bond donors (Lipinski definition) is 2. The van der Waals surface area contributed by atoms with Crippen molar-refractivity contribution in [2.24, 2.45) is 5.73 Å². The van der Waals surface area contributed by atoms with Crippen LogP contribution in [0.3, 0.4) is 0 Å². The molecule has 0 aromatic carbocycles. The van der Waals surface area contributed by atoms with Crippen LogP contribution in [-0.4, -0.2) is 30.3 Å². The lowest BCUT2D eigenvalue weighted by Crippen LogP contribution is -2.25. The summed E-state index contributed by atoms with van der Waals surface area (Å²) in [6.07, 6.45) is -0.788. The summed E-state index contributed by atoms with van der Waals surface area (Å²) in [5.74, 6) is -0.590. The molecule has 0 aromatic heterocycles. The van der Waals surface area contributed by atoms with Crippen LogP contribution in [0, 0.1) is 0 Å². The third-order valence-corrected chi connectivity index (χ3v) is 0.999. The van der Waals surface area contributed by atoms with Crippen LogP contribution in [-0.2, 0) is 9.53 Å². The summed E-state index contributed by atoms with van der Waals surface area (Å²) in [6, 6.07) is 0. The number of esters is 1. The highest BCUT2D eigenvalue weighted by Crippen LogP contribution is 1.92. The average Bonchev–Trinajstić information content (AvgIpc) is 1.89. The van der Waals surface area contributed by atoms with Gasteiger partial charge in [-0.25, -0.2) is 4.79 Å². The fourth-order valence-electron chi connectivity index (χ4n) is 0.514. The molecule has 0 unspecified atom stereocenters. The minimum Gasteiger partial charge on any atom is -0.464 e. The second-order valence-electron chi connectivity index (χ2n) is 1.85. The number of nitrogens with two attached hydrogens (primary N) is 1. The van der Waals surface area contributed by atoms with Gasteiger partial charge in [0.05, 0.1) is 6.61 Å². The number of hydrogen-bond acceptors (Lipinski definition) is 4. The van der Waals surface area contributed by atoms with Crippen molar-refractivity contribution in [3.8, 4) is 0 Å². The Labute approximate surface area is 60.0 Å². The van der Waals surface area contributed by atoms with Crippen molar-refractivity contribution in [3.05, 3.63) is 0 Å². The van der Waals surface area contributed by atoms with Gasteiger partial charge in [-0.3, -0.25) is 0 Å². The molecule has 0 aromatic rings. The van der Waals surface area contributed by atoms with E-state index in [-0.39, 0.29) is 6.42 Å². The monoisotopic (exact) mass is 147 g/mol. The number of aliphatic hydroxyl groups is 1. The zero-order valence-electron chi connectivity index (χ0n) is 6.04. The van der Waals surface area contributed by atoms with Gasteiger partial charge in [0.2, 0.25) is 0 Å². The van der Waals surface area contributed by atoms with Crippen LogP contribution in [0.5, 0.6) is 0 Å². The van der Waals surface area contributed by atoms with E-state index in [0.29, 0.717) is 13.2 Å². The first-order valence-electron chi connectivity index (χ1n) is 3.27. The topological polar surface area (TPSA) is 72.5 Å². The first-order valence-corrected chi connectivity index (χ1v) is 3.27. The molecule has 60 valence electrons. The molecule has 0 saturated heterocycles. The second kappa shape index (κ2) is 5.20. The third-order valence-electron chi connectivity index (χ3n) is 0.999. The Morgan fingerprint density at radius 1 is 1.80 bits per heavy atom. The van der Waals surface area contributed by atoms with Crippen LogP contribution in [0.4, 0.5) is 0 Å². The number of rotatable bonds is 4. The second-order valence-corrected chi connectivity index (χ2v) is 1.85. The van der Waals surface area contributed by atoms with Crippen LogP contribution in [0.1, 0.15) is 13.3 Å². The Balaban J connectivity index is 3.49. The molecule has 0 amide bonds. The molecule has 10 heavy (non-hydrogen) atoms. The van der Waals surface area contributed by atoms with Gasteiger partial charge in [-0.1, -0.05) is 0 Å². The van der Waals surface area contributed by atoms with Crippen LogP contribution in [0.25, 0.3) is 0 Å². The lowest BCUT2D eigenvalue weighted by atomic mass is 10.2. The predicted octanol–water partition coefficient (Wildman–Crippen LogP) is -0.741. The third kappa shape index (κ3) is 3.42. The van der Waals surface area contributed by atoms with Crippen LogP contribution in [0.15, 0.2) is 0 Å². The summed E-state index contributed by atoms with van der Waals surface area (Å²) in [7, 11) is 0. The van der Waals surface area contributed by atoms with E-state index in [1.165, 1.54) is 0 Å². The normalized spacial score (nSPS) is 12.7. The summed E-state index contributed by atoms with van der Waals surface area (Å²) < 4.78 is 4.51. The molecule has 0 radical (unpaired) electrons. The zero-order valence-corrected chi connectivity index (χ0v) is 6.04. The lowest BCUT2D eigenvalue weighted by molar-refractivity contribution is -0.153. The molecule has 0 rings (SSSR count). The standard InChI is InChI=1S/C6H13NO3/c1-2-10-6(9)5(8)3-4-7/h5,8H,2-4,7H2,1H3/t5-/m1/s1. The van der Waals surface area contributed by atoms with E-state index < -0.39 is 12.1 Å². The molecule has 4 nitrogen and oxygen atoms in total. The van der Waals surface area contributed by atoms with Gasteiger partial charge < -0.3 is 15.6 Å². The molecule has 1 atom stereocenters. The summed E-state index contributed by atoms with van der Waals surface area (Å²) in [5.41, 5.74) is 5.10. The maximum absolute atomic E-state index is 10.6. The van der Waals surface area contributed by atoms with Crippen molar-refractivity contribution >= 4 is 5.97 Å². The Morgan fingerprint density at radius 3 is 2.80 bits per heavy atom. The summed E-state index contributed by atoms with van der Waals surface area (Å²) in [6.45, 7) is 2.27. The quantitative estimate of drug-likeness (QED) is 0.514. The van der Waals surface area contributed by atoms with Gasteiger partial charge in [0.25, 0.3) is 0 Å². The van der Waals surface area contributed by atoms with E-state index in [4.69, 9.17) is 10.8 Å². The first-order chi connectivity index (χ1) is 4.72. The Bertz CT molecular complexity index is 105. The van der Waals surface area contributed by atoms with Gasteiger partial charge in [0, 0.05) is 0 Å². The number of ether oxygens (including phenoxy) is 1. The van der Waals surface area contributed by atoms with Crippen LogP contribution in [0.2, 0.25) is 0 Å². The Hall–Kier alpha value is -0.610. The van der Waals surface area contributed by atoms with Crippen molar-refractivity contribution in [1.82, 2.24) is 0 Å². The molecule has 0 aliphatic heterocycles. The van der Waals surface area contributed by atoms with E-state index >= 15 is 0 Å². The molecular weight excluding hydrogens is 134 g/mol. The molecule has 0 spiro atoms. The van der Waals surface area contributed by atoms with E-state index in [9.17, 15) is 4.79 Å². The van der Waals surface area contributed by atoms with Crippen molar-refractivity contribution in [3.63, 3.8) is 0 Å². The molecule has 4 heteroatoms. The van der Waals surface area contributed by atoms with E-state index in [1.54, 1.807) is 6.92 Å². The fraction of sp³-hybridized carbons (Fsp3) is 0.833. The minimum absolute atomic E-state index is 0.263. The molecular formula is C6H13NO3. The van der Waals surface area contributed by atoms with E-state index in [0.717, 1.165) is 0 Å². The van der Waals surface area contributed by atoms with Crippen molar-refractivity contribution in [2.45, 2.75) is 19.4 Å². The maximum atomic E-state index is 10.6. The number of carbonyl (C=O) groups is 1. The van der Waals surface area contributed by atoms with E-state index in [1.807, 2.05) is 0 Å². The average molecular weight is 147 g/mol. The smallest absolute Gasteiger partial charge is 0.334 e.